The van der Waals surface area contributed by atoms with Gasteiger partial charge in [0.1, 0.15) is 42.7 Å². The molecule has 0 bridgehead atoms. The summed E-state index contributed by atoms with van der Waals surface area (Å²) in [7, 11) is 0. The van der Waals surface area contributed by atoms with E-state index in [9.17, 15) is 55.5 Å². The highest BCUT2D eigenvalue weighted by atomic mass is 16.7. The van der Waals surface area contributed by atoms with Crippen molar-refractivity contribution in [2.24, 2.45) is 0 Å². The largest absolute Gasteiger partial charge is 0.394 e. The maximum atomic E-state index is 13.3. The summed E-state index contributed by atoms with van der Waals surface area (Å²) in [6.07, 6.45) is 3.16. The molecule has 0 radical (unpaired) electrons. The smallest absolute Gasteiger partial charge is 0.251 e. The lowest BCUT2D eigenvalue weighted by atomic mass is 9.96. The third kappa shape index (κ3) is 21.2. The number of hydrogen-bond donors (Lipinski definition) is 11. The van der Waals surface area contributed by atoms with Crippen LogP contribution in [0.1, 0.15) is 155 Å². The van der Waals surface area contributed by atoms with Crippen molar-refractivity contribution in [1.82, 2.24) is 10.6 Å². The second-order valence-corrected chi connectivity index (χ2v) is 15.4. The number of carbonyl (C=O) groups is 2. The maximum Gasteiger partial charge on any atom is 0.251 e. The Morgan fingerprint density at radius 2 is 1.18 bits per heavy atom. The SMILES string of the molecule is CCCCCCCCCCNC(=O)CCCCCCCC(NC(=O)[C@H](O)[C@@H](O)[C@H](O[C@@H]1O[C@H](CO)[C@H](O)[C@H](O)[C@H]1O)[C@H](O)CO)C(O)CCCCCCCC. The van der Waals surface area contributed by atoms with Gasteiger partial charge in [0.05, 0.1) is 25.4 Å². The topological polar surface area (TPSA) is 259 Å². The number of nitrogens with one attached hydrogen (secondary N) is 2. The minimum absolute atomic E-state index is 0.0663. The highest BCUT2D eigenvalue weighted by molar-refractivity contribution is 5.81. The first-order chi connectivity index (χ1) is 26.4. The lowest BCUT2D eigenvalue weighted by molar-refractivity contribution is -0.326. The lowest BCUT2D eigenvalue weighted by Gasteiger charge is -2.42. The van der Waals surface area contributed by atoms with Crippen LogP contribution in [-0.2, 0) is 19.1 Å². The standard InChI is InChI=1S/C40H78N2O13/c1-3-5-7-9-11-12-17-21-25-41-32(47)24-20-16-13-14-18-22-28(29(45)23-19-15-10-8-6-4-2)42-39(53)36(51)35(50)38(30(46)26-43)55-40-37(52)34(49)33(48)31(27-44)54-40/h28-31,33-38,40,43-46,48-52H,3-27H2,1-2H3,(H,41,47)(H,42,53)/t28?,29?,30-,31-,33+,34+,35-,36-,37-,38-,40+/m1/s1. The summed E-state index contributed by atoms with van der Waals surface area (Å²) < 4.78 is 10.7. The van der Waals surface area contributed by atoms with Gasteiger partial charge < -0.3 is 66.1 Å². The van der Waals surface area contributed by atoms with Crippen molar-refractivity contribution < 1.29 is 65.0 Å². The molecule has 55 heavy (non-hydrogen) atoms. The molecule has 1 saturated heterocycles. The first-order valence-electron chi connectivity index (χ1n) is 21.3. The highest BCUT2D eigenvalue weighted by Crippen LogP contribution is 2.25. The normalized spacial score (nSPS) is 23.4. The van der Waals surface area contributed by atoms with Gasteiger partial charge in [0.25, 0.3) is 5.91 Å². The van der Waals surface area contributed by atoms with Gasteiger partial charge in [-0.2, -0.15) is 0 Å². The Morgan fingerprint density at radius 3 is 1.75 bits per heavy atom. The van der Waals surface area contributed by atoms with Crippen molar-refractivity contribution in [2.75, 3.05) is 19.8 Å². The summed E-state index contributed by atoms with van der Waals surface area (Å²) in [5.41, 5.74) is 0. The third-order valence-electron chi connectivity index (χ3n) is 10.6. The molecule has 2 unspecified atom stereocenters. The Hall–Kier alpha value is -1.50. The van der Waals surface area contributed by atoms with Crippen LogP contribution in [0.2, 0.25) is 0 Å². The molecule has 326 valence electrons. The molecule has 2 amide bonds. The van der Waals surface area contributed by atoms with Crippen LogP contribution in [0.15, 0.2) is 0 Å². The van der Waals surface area contributed by atoms with E-state index in [-0.39, 0.29) is 5.91 Å². The van der Waals surface area contributed by atoms with E-state index < -0.39 is 86.4 Å². The van der Waals surface area contributed by atoms with Gasteiger partial charge >= 0.3 is 0 Å². The minimum atomic E-state index is -2.22. The Balaban J connectivity index is 2.68. The average Bonchev–Trinajstić information content (AvgIpc) is 3.18. The van der Waals surface area contributed by atoms with E-state index in [1.165, 1.54) is 38.5 Å². The van der Waals surface area contributed by atoms with Gasteiger partial charge in [-0.15, -0.1) is 0 Å². The molecule has 1 fully saturated rings. The number of ether oxygens (including phenoxy) is 2. The van der Waals surface area contributed by atoms with Crippen LogP contribution in [-0.4, -0.2) is 145 Å². The zero-order valence-corrected chi connectivity index (χ0v) is 33.7. The van der Waals surface area contributed by atoms with Crippen molar-refractivity contribution >= 4 is 11.8 Å². The molecule has 1 aliphatic heterocycles. The van der Waals surface area contributed by atoms with E-state index in [0.717, 1.165) is 77.0 Å². The van der Waals surface area contributed by atoms with E-state index in [4.69, 9.17) is 9.47 Å². The fraction of sp³-hybridized carbons (Fsp3) is 0.950. The van der Waals surface area contributed by atoms with E-state index in [0.29, 0.717) is 32.2 Å². The summed E-state index contributed by atoms with van der Waals surface area (Å²) in [6, 6.07) is -0.764. The average molecular weight is 795 g/mol. The summed E-state index contributed by atoms with van der Waals surface area (Å²) in [4.78, 5) is 25.5. The van der Waals surface area contributed by atoms with Crippen LogP contribution in [0.4, 0.5) is 0 Å². The maximum absolute atomic E-state index is 13.3. The van der Waals surface area contributed by atoms with Crippen LogP contribution < -0.4 is 10.6 Å². The molecular weight excluding hydrogens is 716 g/mol. The number of aliphatic hydroxyl groups excluding tert-OH is 9. The zero-order valence-electron chi connectivity index (χ0n) is 33.7. The summed E-state index contributed by atoms with van der Waals surface area (Å²) >= 11 is 0. The summed E-state index contributed by atoms with van der Waals surface area (Å²) in [5.74, 6) is -0.998. The Morgan fingerprint density at radius 1 is 0.655 bits per heavy atom. The molecule has 15 nitrogen and oxygen atoms in total. The Bertz CT molecular complexity index is 964. The van der Waals surface area contributed by atoms with E-state index in [2.05, 4.69) is 24.5 Å². The van der Waals surface area contributed by atoms with Crippen LogP contribution in [0.3, 0.4) is 0 Å². The minimum Gasteiger partial charge on any atom is -0.394 e. The van der Waals surface area contributed by atoms with Crippen LogP contribution >= 0.6 is 0 Å². The summed E-state index contributed by atoms with van der Waals surface area (Å²) in [5, 5.41) is 98.6. The number of unbranched alkanes of at least 4 members (excludes halogenated alkanes) is 16. The number of amides is 2. The van der Waals surface area contributed by atoms with E-state index >= 15 is 0 Å². The van der Waals surface area contributed by atoms with Gasteiger partial charge in [-0.05, 0) is 25.7 Å². The zero-order chi connectivity index (χ0) is 41.0. The van der Waals surface area contributed by atoms with Crippen molar-refractivity contribution in [2.45, 2.75) is 222 Å². The Labute approximate surface area is 329 Å². The first-order valence-corrected chi connectivity index (χ1v) is 21.3. The van der Waals surface area contributed by atoms with Gasteiger partial charge in [0.15, 0.2) is 12.4 Å². The van der Waals surface area contributed by atoms with Gasteiger partial charge in [-0.25, -0.2) is 0 Å². The van der Waals surface area contributed by atoms with Gasteiger partial charge in [0, 0.05) is 13.0 Å². The van der Waals surface area contributed by atoms with E-state index in [1.54, 1.807) is 0 Å². The van der Waals surface area contributed by atoms with Gasteiger partial charge in [-0.3, -0.25) is 9.59 Å². The number of carbonyl (C=O) groups excluding carboxylic acids is 2. The molecular formula is C40H78N2O13. The van der Waals surface area contributed by atoms with Crippen LogP contribution in [0.5, 0.6) is 0 Å². The molecule has 1 aliphatic rings. The fourth-order valence-corrected chi connectivity index (χ4v) is 6.89. The Kier molecular flexibility index (Phi) is 29.5. The molecule has 0 spiro atoms. The quantitative estimate of drug-likeness (QED) is 0.0416. The van der Waals surface area contributed by atoms with Gasteiger partial charge in [0.2, 0.25) is 5.91 Å². The number of rotatable bonds is 34. The van der Waals surface area contributed by atoms with Crippen molar-refractivity contribution in [1.29, 1.82) is 0 Å². The summed E-state index contributed by atoms with van der Waals surface area (Å²) in [6.45, 7) is 3.29. The molecule has 1 heterocycles. The predicted octanol–water partition coefficient (Wildman–Crippen LogP) is 1.83. The molecule has 15 heteroatoms. The molecule has 0 aromatic rings. The molecule has 1 rings (SSSR count). The van der Waals surface area contributed by atoms with Crippen molar-refractivity contribution in [3.63, 3.8) is 0 Å². The molecule has 0 aromatic carbocycles. The van der Waals surface area contributed by atoms with Crippen LogP contribution in [0, 0.1) is 0 Å². The number of hydrogen-bond acceptors (Lipinski definition) is 13. The fourth-order valence-electron chi connectivity index (χ4n) is 6.89. The third-order valence-corrected chi connectivity index (χ3v) is 10.6. The molecule has 0 aromatic heterocycles. The van der Waals surface area contributed by atoms with E-state index in [1.807, 2.05) is 0 Å². The molecule has 11 N–H and O–H groups in total. The van der Waals surface area contributed by atoms with Crippen molar-refractivity contribution in [3.05, 3.63) is 0 Å². The molecule has 0 saturated carbocycles. The first kappa shape index (κ1) is 51.5. The predicted molar refractivity (Wildman–Crippen MR) is 208 cm³/mol. The molecule has 11 atom stereocenters. The monoisotopic (exact) mass is 795 g/mol. The second kappa shape index (κ2) is 31.5. The number of aliphatic hydroxyl groups is 9. The highest BCUT2D eigenvalue weighted by Gasteiger charge is 2.47. The lowest BCUT2D eigenvalue weighted by Crippen LogP contribution is -2.62. The second-order valence-electron chi connectivity index (χ2n) is 15.4. The molecule has 0 aliphatic carbocycles. The van der Waals surface area contributed by atoms with Crippen molar-refractivity contribution in [3.8, 4) is 0 Å². The van der Waals surface area contributed by atoms with Gasteiger partial charge in [-0.1, -0.05) is 123 Å². The van der Waals surface area contributed by atoms with Crippen LogP contribution in [0.25, 0.3) is 0 Å².